The van der Waals surface area contributed by atoms with Crippen LogP contribution in [0.15, 0.2) is 10.8 Å². The number of hydrogen-bond donors (Lipinski definition) is 0. The largest absolute Gasteiger partial charge is 0.488 e. The third kappa shape index (κ3) is 6.79. The van der Waals surface area contributed by atoms with Crippen molar-refractivity contribution in [3.05, 3.63) is 10.8 Å². The third-order valence-electron chi connectivity index (χ3n) is 1.12. The van der Waals surface area contributed by atoms with E-state index in [0.29, 0.717) is 0 Å². The van der Waals surface area contributed by atoms with Gasteiger partial charge in [0, 0.05) is 0 Å². The molecule has 0 spiro atoms. The first-order valence-electron chi connectivity index (χ1n) is 4.48. The maximum atomic E-state index is 5.52. The van der Waals surface area contributed by atoms with Gasteiger partial charge in [0.2, 0.25) is 0 Å². The van der Waals surface area contributed by atoms with Gasteiger partial charge in [0.25, 0.3) is 0 Å². The molecule has 3 heteroatoms. The molecule has 0 aromatic carbocycles. The van der Waals surface area contributed by atoms with Crippen LogP contribution in [0.1, 0.15) is 13.8 Å². The highest BCUT2D eigenvalue weighted by molar-refractivity contribution is 8.02. The SMILES string of the molecule is CCO/C(=C/[Si](C)(C)C)SCC. The van der Waals surface area contributed by atoms with Gasteiger partial charge in [0.05, 0.1) is 14.7 Å². The van der Waals surface area contributed by atoms with Gasteiger partial charge in [0.1, 0.15) is 5.09 Å². The maximum absolute atomic E-state index is 5.52. The summed E-state index contributed by atoms with van der Waals surface area (Å²) in [5, 5.41) is 1.12. The van der Waals surface area contributed by atoms with Gasteiger partial charge in [0.15, 0.2) is 0 Å². The van der Waals surface area contributed by atoms with Gasteiger partial charge < -0.3 is 4.74 Å². The number of hydrogen-bond acceptors (Lipinski definition) is 2. The third-order valence-corrected chi connectivity index (χ3v) is 3.27. The smallest absolute Gasteiger partial charge is 0.145 e. The van der Waals surface area contributed by atoms with Crippen molar-refractivity contribution in [2.24, 2.45) is 0 Å². The van der Waals surface area contributed by atoms with Gasteiger partial charge in [-0.05, 0) is 18.4 Å². The van der Waals surface area contributed by atoms with Crippen molar-refractivity contribution in [1.29, 1.82) is 0 Å². The second-order valence-electron chi connectivity index (χ2n) is 3.70. The van der Waals surface area contributed by atoms with Crippen molar-refractivity contribution in [2.45, 2.75) is 33.5 Å². The zero-order valence-electron chi connectivity index (χ0n) is 8.81. The molecule has 72 valence electrons. The predicted molar refractivity (Wildman–Crippen MR) is 61.2 cm³/mol. The zero-order valence-corrected chi connectivity index (χ0v) is 10.6. The Labute approximate surface area is 81.6 Å². The summed E-state index contributed by atoms with van der Waals surface area (Å²) in [5.41, 5.74) is 2.32. The lowest BCUT2D eigenvalue weighted by Crippen LogP contribution is -2.17. The van der Waals surface area contributed by atoms with Crippen molar-refractivity contribution in [3.8, 4) is 0 Å². The minimum absolute atomic E-state index is 0.781. The minimum Gasteiger partial charge on any atom is -0.488 e. The van der Waals surface area contributed by atoms with Crippen LogP contribution in [0.5, 0.6) is 0 Å². The van der Waals surface area contributed by atoms with Crippen molar-refractivity contribution in [1.82, 2.24) is 0 Å². The van der Waals surface area contributed by atoms with Gasteiger partial charge in [-0.15, -0.1) is 0 Å². The van der Waals surface area contributed by atoms with Crippen LogP contribution in [-0.2, 0) is 4.74 Å². The van der Waals surface area contributed by atoms with Crippen molar-refractivity contribution in [3.63, 3.8) is 0 Å². The van der Waals surface area contributed by atoms with Crippen LogP contribution in [0, 0.1) is 0 Å². The molecule has 0 saturated carbocycles. The van der Waals surface area contributed by atoms with Crippen molar-refractivity contribution in [2.75, 3.05) is 12.4 Å². The lowest BCUT2D eigenvalue weighted by molar-refractivity contribution is 0.258. The summed E-state index contributed by atoms with van der Waals surface area (Å²) in [5.74, 6) is 1.09. The molecule has 0 aliphatic heterocycles. The van der Waals surface area contributed by atoms with Gasteiger partial charge in [-0.3, -0.25) is 0 Å². The van der Waals surface area contributed by atoms with E-state index in [0.717, 1.165) is 17.5 Å². The van der Waals surface area contributed by atoms with E-state index in [4.69, 9.17) is 4.74 Å². The molecular weight excluding hydrogens is 184 g/mol. The first-order chi connectivity index (χ1) is 5.49. The van der Waals surface area contributed by atoms with E-state index in [2.05, 4.69) is 32.3 Å². The Kier molecular flexibility index (Phi) is 5.75. The molecular formula is C9H20OSSi. The Morgan fingerprint density at radius 2 is 1.92 bits per heavy atom. The van der Waals surface area contributed by atoms with Gasteiger partial charge in [-0.1, -0.05) is 38.3 Å². The fourth-order valence-electron chi connectivity index (χ4n) is 0.763. The molecule has 0 heterocycles. The van der Waals surface area contributed by atoms with E-state index in [1.165, 1.54) is 0 Å². The first-order valence-corrected chi connectivity index (χ1v) is 9.04. The Balaban J connectivity index is 4.17. The molecule has 12 heavy (non-hydrogen) atoms. The fraction of sp³-hybridized carbons (Fsp3) is 0.778. The second kappa shape index (κ2) is 5.70. The van der Waals surface area contributed by atoms with E-state index >= 15 is 0 Å². The molecule has 0 aromatic rings. The molecule has 0 N–H and O–H groups in total. The van der Waals surface area contributed by atoms with Crippen LogP contribution < -0.4 is 0 Å². The first kappa shape index (κ1) is 12.1. The normalized spacial score (nSPS) is 13.2. The quantitative estimate of drug-likeness (QED) is 0.501. The Bertz CT molecular complexity index is 141. The lowest BCUT2D eigenvalue weighted by atomic mass is 10.9. The minimum atomic E-state index is -1.10. The second-order valence-corrected chi connectivity index (χ2v) is 9.98. The highest BCUT2D eigenvalue weighted by Gasteiger charge is 2.11. The molecule has 0 saturated heterocycles. The van der Waals surface area contributed by atoms with Crippen LogP contribution in [0.25, 0.3) is 0 Å². The highest BCUT2D eigenvalue weighted by Crippen LogP contribution is 2.19. The molecule has 0 rings (SSSR count). The molecule has 0 amide bonds. The summed E-state index contributed by atoms with van der Waals surface area (Å²) >= 11 is 1.80. The van der Waals surface area contributed by atoms with Crippen LogP contribution in [-0.4, -0.2) is 20.4 Å². The standard InChI is InChI=1S/C9H20OSSi/c1-6-10-9(11-7-2)8-12(3,4)5/h8H,6-7H2,1-5H3/b9-8-. The lowest BCUT2D eigenvalue weighted by Gasteiger charge is -2.13. The van der Waals surface area contributed by atoms with Crippen LogP contribution >= 0.6 is 11.8 Å². The van der Waals surface area contributed by atoms with Gasteiger partial charge in [-0.25, -0.2) is 0 Å². The Hall–Kier alpha value is 0.107. The average Bonchev–Trinajstić information content (AvgIpc) is 1.84. The Morgan fingerprint density at radius 3 is 2.25 bits per heavy atom. The van der Waals surface area contributed by atoms with Crippen molar-refractivity contribution >= 4 is 19.8 Å². The topological polar surface area (TPSA) is 9.23 Å². The molecule has 0 aliphatic carbocycles. The number of ether oxygens (including phenoxy) is 1. The summed E-state index contributed by atoms with van der Waals surface area (Å²) in [7, 11) is -1.10. The van der Waals surface area contributed by atoms with Gasteiger partial charge >= 0.3 is 0 Å². The molecule has 0 aliphatic rings. The molecule has 0 atom stereocenters. The van der Waals surface area contributed by atoms with Gasteiger partial charge in [-0.2, -0.15) is 0 Å². The van der Waals surface area contributed by atoms with Crippen molar-refractivity contribution < 1.29 is 4.74 Å². The van der Waals surface area contributed by atoms with E-state index in [-0.39, 0.29) is 0 Å². The fourth-order valence-corrected chi connectivity index (χ4v) is 3.43. The Morgan fingerprint density at radius 1 is 1.33 bits per heavy atom. The summed E-state index contributed by atoms with van der Waals surface area (Å²) in [4.78, 5) is 0. The predicted octanol–water partition coefficient (Wildman–Crippen LogP) is 3.49. The van der Waals surface area contributed by atoms with E-state index in [9.17, 15) is 0 Å². The van der Waals surface area contributed by atoms with Crippen LogP contribution in [0.3, 0.4) is 0 Å². The summed E-state index contributed by atoms with van der Waals surface area (Å²) in [6, 6.07) is 0. The number of thioether (sulfide) groups is 1. The summed E-state index contributed by atoms with van der Waals surface area (Å²) in [6.45, 7) is 11.9. The summed E-state index contributed by atoms with van der Waals surface area (Å²) in [6.07, 6.45) is 0. The molecule has 0 fully saturated rings. The maximum Gasteiger partial charge on any atom is 0.145 e. The molecule has 0 unspecified atom stereocenters. The highest BCUT2D eigenvalue weighted by atomic mass is 32.2. The molecule has 1 nitrogen and oxygen atoms in total. The van der Waals surface area contributed by atoms with E-state index < -0.39 is 8.07 Å². The number of rotatable bonds is 5. The van der Waals surface area contributed by atoms with Crippen LogP contribution in [0.2, 0.25) is 19.6 Å². The zero-order chi connectivity index (χ0) is 9.61. The molecule has 0 radical (unpaired) electrons. The van der Waals surface area contributed by atoms with E-state index in [1.807, 2.05) is 6.92 Å². The molecule has 0 aromatic heterocycles. The van der Waals surface area contributed by atoms with Crippen LogP contribution in [0.4, 0.5) is 0 Å². The van der Waals surface area contributed by atoms with E-state index in [1.54, 1.807) is 11.8 Å². The monoisotopic (exact) mass is 204 g/mol. The molecule has 0 bridgehead atoms. The average molecular weight is 204 g/mol. The summed E-state index contributed by atoms with van der Waals surface area (Å²) < 4.78 is 5.52.